The van der Waals surface area contributed by atoms with E-state index in [1.807, 2.05) is 25.2 Å². The van der Waals surface area contributed by atoms with Gasteiger partial charge in [-0.3, -0.25) is 0 Å². The lowest BCUT2D eigenvalue weighted by molar-refractivity contribution is 0.318. The maximum absolute atomic E-state index is 8.68. The molecule has 0 fully saturated rings. The predicted octanol–water partition coefficient (Wildman–Crippen LogP) is 2.40. The molecule has 0 saturated heterocycles. The number of aromatic nitrogens is 1. The van der Waals surface area contributed by atoms with Crippen molar-refractivity contribution in [3.63, 3.8) is 0 Å². The predicted molar refractivity (Wildman–Crippen MR) is 69.5 cm³/mol. The van der Waals surface area contributed by atoms with E-state index in [1.54, 1.807) is 0 Å². The monoisotopic (exact) mass is 231 g/mol. The number of rotatable bonds is 2. The van der Waals surface area contributed by atoms with Gasteiger partial charge in [-0.05, 0) is 17.5 Å². The molecule has 0 amide bonds. The highest BCUT2D eigenvalue weighted by molar-refractivity contribution is 6.00. The Bertz CT molecular complexity index is 582. The van der Waals surface area contributed by atoms with Crippen LogP contribution in [0, 0.1) is 0 Å². The van der Waals surface area contributed by atoms with E-state index in [0.29, 0.717) is 5.92 Å². The summed E-state index contributed by atoms with van der Waals surface area (Å²) in [5.74, 6) is 0.618. The van der Waals surface area contributed by atoms with Gasteiger partial charge in [0.15, 0.2) is 5.84 Å². The highest BCUT2D eigenvalue weighted by atomic mass is 16.4. The van der Waals surface area contributed by atoms with Gasteiger partial charge in [0.1, 0.15) is 0 Å². The summed E-state index contributed by atoms with van der Waals surface area (Å²) < 4.78 is 2.07. The molecule has 0 aliphatic carbocycles. The Morgan fingerprint density at radius 3 is 2.71 bits per heavy atom. The van der Waals surface area contributed by atoms with E-state index in [0.717, 1.165) is 11.1 Å². The zero-order valence-electron chi connectivity index (χ0n) is 10.3. The first kappa shape index (κ1) is 11.5. The third kappa shape index (κ3) is 1.86. The number of nitrogens with two attached hydrogens (primary N) is 1. The van der Waals surface area contributed by atoms with Gasteiger partial charge in [-0.25, -0.2) is 0 Å². The van der Waals surface area contributed by atoms with Crippen molar-refractivity contribution in [3.05, 3.63) is 35.5 Å². The molecule has 0 radical (unpaired) electrons. The topological polar surface area (TPSA) is 63.5 Å². The molecule has 0 aliphatic rings. The highest BCUT2D eigenvalue weighted by Crippen LogP contribution is 2.27. The summed E-state index contributed by atoms with van der Waals surface area (Å²) in [6.45, 7) is 4.35. The van der Waals surface area contributed by atoms with E-state index in [9.17, 15) is 0 Å². The maximum atomic E-state index is 8.68. The van der Waals surface area contributed by atoms with Crippen LogP contribution in [0.3, 0.4) is 0 Å². The maximum Gasteiger partial charge on any atom is 0.170 e. The molecule has 0 aliphatic heterocycles. The van der Waals surface area contributed by atoms with Gasteiger partial charge in [0.25, 0.3) is 0 Å². The van der Waals surface area contributed by atoms with Gasteiger partial charge in [-0.1, -0.05) is 31.1 Å². The molecule has 0 unspecified atom stereocenters. The van der Waals surface area contributed by atoms with Crippen LogP contribution in [0.25, 0.3) is 10.9 Å². The summed E-state index contributed by atoms with van der Waals surface area (Å²) in [7, 11) is 2.00. The van der Waals surface area contributed by atoms with Crippen LogP contribution in [0.2, 0.25) is 0 Å². The average Bonchev–Trinajstić information content (AvgIpc) is 2.65. The Morgan fingerprint density at radius 1 is 1.41 bits per heavy atom. The van der Waals surface area contributed by atoms with E-state index >= 15 is 0 Å². The summed E-state index contributed by atoms with van der Waals surface area (Å²) in [4.78, 5) is 0. The van der Waals surface area contributed by atoms with Crippen LogP contribution in [-0.4, -0.2) is 15.6 Å². The Balaban J connectivity index is 2.67. The lowest BCUT2D eigenvalue weighted by atomic mass is 10.0. The number of benzene rings is 1. The molecule has 4 heteroatoms. The van der Waals surface area contributed by atoms with Gasteiger partial charge in [-0.15, -0.1) is 0 Å². The van der Waals surface area contributed by atoms with E-state index in [1.165, 1.54) is 10.9 Å². The average molecular weight is 231 g/mol. The first-order chi connectivity index (χ1) is 8.04. The Labute approximate surface area is 100 Å². The zero-order chi connectivity index (χ0) is 12.6. The van der Waals surface area contributed by atoms with Gasteiger partial charge in [0.2, 0.25) is 0 Å². The number of oxime groups is 1. The molecule has 0 atom stereocenters. The molecule has 3 N–H and O–H groups in total. The zero-order valence-corrected chi connectivity index (χ0v) is 10.3. The van der Waals surface area contributed by atoms with E-state index in [-0.39, 0.29) is 5.84 Å². The summed E-state index contributed by atoms with van der Waals surface area (Å²) in [6, 6.07) is 5.84. The second-order valence-electron chi connectivity index (χ2n) is 4.57. The first-order valence-corrected chi connectivity index (χ1v) is 5.61. The minimum Gasteiger partial charge on any atom is -0.409 e. The molecule has 1 heterocycles. The van der Waals surface area contributed by atoms with Crippen molar-refractivity contribution < 1.29 is 5.21 Å². The van der Waals surface area contributed by atoms with Crippen LogP contribution in [-0.2, 0) is 7.05 Å². The van der Waals surface area contributed by atoms with Gasteiger partial charge in [0, 0.05) is 29.7 Å². The fraction of sp³-hybridized carbons (Fsp3) is 0.308. The summed E-state index contributed by atoms with van der Waals surface area (Å²) in [5, 5.41) is 12.9. The Kier molecular flexibility index (Phi) is 2.79. The molecule has 0 saturated carbocycles. The smallest absolute Gasteiger partial charge is 0.170 e. The SMILES string of the molecule is CC(C)c1cn(C)c2cc(C(N)=NO)ccc12. The quantitative estimate of drug-likeness (QED) is 0.361. The number of hydrogen-bond donors (Lipinski definition) is 2. The van der Waals surface area contributed by atoms with Gasteiger partial charge in [0.05, 0.1) is 0 Å². The number of hydrogen-bond acceptors (Lipinski definition) is 2. The van der Waals surface area contributed by atoms with Gasteiger partial charge >= 0.3 is 0 Å². The Morgan fingerprint density at radius 2 is 2.12 bits per heavy atom. The van der Waals surface area contributed by atoms with Crippen LogP contribution < -0.4 is 5.73 Å². The molecule has 2 rings (SSSR count). The summed E-state index contributed by atoms with van der Waals surface area (Å²) in [5.41, 5.74) is 8.73. The van der Waals surface area contributed by atoms with Crippen LogP contribution in [0.5, 0.6) is 0 Å². The van der Waals surface area contributed by atoms with Gasteiger partial charge in [-0.2, -0.15) is 0 Å². The van der Waals surface area contributed by atoms with E-state index in [2.05, 4.69) is 29.8 Å². The number of aryl methyl sites for hydroxylation is 1. The standard InChI is InChI=1S/C13H17N3O/c1-8(2)11-7-16(3)12-6-9(13(14)15-17)4-5-10(11)12/h4-8,17H,1-3H3,(H2,14,15). The number of nitrogens with zero attached hydrogens (tertiary/aromatic N) is 2. The lowest BCUT2D eigenvalue weighted by Crippen LogP contribution is -2.12. The number of amidine groups is 1. The molecular formula is C13H17N3O. The number of fused-ring (bicyclic) bond motifs is 1. The van der Waals surface area contributed by atoms with Gasteiger partial charge < -0.3 is 15.5 Å². The van der Waals surface area contributed by atoms with Crippen LogP contribution in [0.15, 0.2) is 29.6 Å². The summed E-state index contributed by atoms with van der Waals surface area (Å²) >= 11 is 0. The van der Waals surface area contributed by atoms with Crippen molar-refractivity contribution in [2.75, 3.05) is 0 Å². The first-order valence-electron chi connectivity index (χ1n) is 5.61. The summed E-state index contributed by atoms with van der Waals surface area (Å²) in [6.07, 6.45) is 2.13. The molecule has 17 heavy (non-hydrogen) atoms. The minimum absolute atomic E-state index is 0.138. The largest absolute Gasteiger partial charge is 0.409 e. The minimum atomic E-state index is 0.138. The van der Waals surface area contributed by atoms with Crippen molar-refractivity contribution in [2.24, 2.45) is 17.9 Å². The van der Waals surface area contributed by atoms with Crippen molar-refractivity contribution in [1.82, 2.24) is 4.57 Å². The van der Waals surface area contributed by atoms with Crippen LogP contribution >= 0.6 is 0 Å². The second-order valence-corrected chi connectivity index (χ2v) is 4.57. The Hall–Kier alpha value is -1.97. The van der Waals surface area contributed by atoms with E-state index < -0.39 is 0 Å². The van der Waals surface area contributed by atoms with Crippen molar-refractivity contribution in [3.8, 4) is 0 Å². The van der Waals surface area contributed by atoms with Crippen molar-refractivity contribution in [2.45, 2.75) is 19.8 Å². The molecule has 2 aromatic rings. The molecule has 0 spiro atoms. The molecule has 0 bridgehead atoms. The van der Waals surface area contributed by atoms with Crippen LogP contribution in [0.4, 0.5) is 0 Å². The van der Waals surface area contributed by atoms with E-state index in [4.69, 9.17) is 10.9 Å². The van der Waals surface area contributed by atoms with Crippen molar-refractivity contribution in [1.29, 1.82) is 0 Å². The molecule has 1 aromatic carbocycles. The molecular weight excluding hydrogens is 214 g/mol. The third-order valence-corrected chi connectivity index (χ3v) is 3.05. The third-order valence-electron chi connectivity index (χ3n) is 3.05. The molecule has 1 aromatic heterocycles. The fourth-order valence-electron chi connectivity index (χ4n) is 2.09. The highest BCUT2D eigenvalue weighted by Gasteiger charge is 2.11. The molecule has 90 valence electrons. The fourth-order valence-corrected chi connectivity index (χ4v) is 2.09. The normalized spacial score (nSPS) is 12.6. The van der Waals surface area contributed by atoms with Crippen molar-refractivity contribution >= 4 is 16.7 Å². The second kappa shape index (κ2) is 4.13. The molecule has 4 nitrogen and oxygen atoms in total. The lowest BCUT2D eigenvalue weighted by Gasteiger charge is -2.03. The van der Waals surface area contributed by atoms with Crippen LogP contribution in [0.1, 0.15) is 30.9 Å².